The van der Waals surface area contributed by atoms with Gasteiger partial charge in [0.25, 0.3) is 5.69 Å². The minimum absolute atomic E-state index is 0.0444. The molecule has 1 aromatic rings. The lowest BCUT2D eigenvalue weighted by Crippen LogP contribution is -2.30. The Morgan fingerprint density at radius 2 is 2.14 bits per heavy atom. The molecule has 1 heterocycles. The van der Waals surface area contributed by atoms with Crippen LogP contribution in [0.1, 0.15) is 31.4 Å². The van der Waals surface area contributed by atoms with E-state index >= 15 is 0 Å². The molecule has 116 valence electrons. The SMILES string of the molecule is C[C@H](O)c1ccc(N(C)CC2CCOCC2)c([N+](=O)[O-])c1. The Labute approximate surface area is 124 Å². The van der Waals surface area contributed by atoms with Crippen molar-refractivity contribution in [2.45, 2.75) is 25.9 Å². The molecular formula is C15H22N2O4. The molecule has 0 radical (unpaired) electrons. The van der Waals surface area contributed by atoms with Gasteiger partial charge in [-0.25, -0.2) is 0 Å². The predicted molar refractivity (Wildman–Crippen MR) is 80.5 cm³/mol. The topological polar surface area (TPSA) is 75.8 Å². The van der Waals surface area contributed by atoms with E-state index in [1.165, 1.54) is 6.07 Å². The van der Waals surface area contributed by atoms with Crippen LogP contribution in [0.4, 0.5) is 11.4 Å². The van der Waals surface area contributed by atoms with Crippen LogP contribution in [0.2, 0.25) is 0 Å². The maximum absolute atomic E-state index is 11.3. The molecule has 1 atom stereocenters. The van der Waals surface area contributed by atoms with Crippen molar-refractivity contribution < 1.29 is 14.8 Å². The molecule has 1 aliphatic heterocycles. The molecule has 6 nitrogen and oxygen atoms in total. The summed E-state index contributed by atoms with van der Waals surface area (Å²) in [5.41, 5.74) is 1.20. The van der Waals surface area contributed by atoms with Gasteiger partial charge in [0.15, 0.2) is 0 Å². The van der Waals surface area contributed by atoms with Gasteiger partial charge in [0.05, 0.1) is 11.0 Å². The third-order valence-electron chi connectivity index (χ3n) is 3.96. The number of aliphatic hydroxyl groups excluding tert-OH is 1. The highest BCUT2D eigenvalue weighted by atomic mass is 16.6. The normalized spacial score (nSPS) is 17.5. The molecule has 6 heteroatoms. The van der Waals surface area contributed by atoms with Gasteiger partial charge < -0.3 is 14.7 Å². The number of nitrogens with zero attached hydrogens (tertiary/aromatic N) is 2. The summed E-state index contributed by atoms with van der Waals surface area (Å²) in [5, 5.41) is 20.8. The Balaban J connectivity index is 2.18. The average Bonchev–Trinajstić information content (AvgIpc) is 2.47. The van der Waals surface area contributed by atoms with Gasteiger partial charge in [0, 0.05) is 32.9 Å². The number of aliphatic hydroxyl groups is 1. The van der Waals surface area contributed by atoms with Crippen molar-refractivity contribution in [2.75, 3.05) is 31.7 Å². The van der Waals surface area contributed by atoms with Gasteiger partial charge in [-0.1, -0.05) is 6.07 Å². The van der Waals surface area contributed by atoms with Crippen molar-refractivity contribution in [2.24, 2.45) is 5.92 Å². The Bertz CT molecular complexity index is 498. The zero-order valence-electron chi connectivity index (χ0n) is 12.5. The van der Waals surface area contributed by atoms with Gasteiger partial charge in [-0.15, -0.1) is 0 Å². The number of nitro benzene ring substituents is 1. The lowest BCUT2D eigenvalue weighted by atomic mass is 9.99. The van der Waals surface area contributed by atoms with Gasteiger partial charge in [0.1, 0.15) is 5.69 Å². The lowest BCUT2D eigenvalue weighted by molar-refractivity contribution is -0.384. The third-order valence-corrected chi connectivity index (χ3v) is 3.96. The zero-order valence-corrected chi connectivity index (χ0v) is 12.5. The van der Waals surface area contributed by atoms with E-state index in [1.54, 1.807) is 19.1 Å². The Morgan fingerprint density at radius 3 is 2.71 bits per heavy atom. The highest BCUT2D eigenvalue weighted by Crippen LogP contribution is 2.31. The number of anilines is 1. The number of rotatable bonds is 5. The van der Waals surface area contributed by atoms with E-state index in [0.29, 0.717) is 17.2 Å². The van der Waals surface area contributed by atoms with E-state index < -0.39 is 6.10 Å². The summed E-state index contributed by atoms with van der Waals surface area (Å²) in [7, 11) is 1.87. The van der Waals surface area contributed by atoms with Crippen LogP contribution in [0.5, 0.6) is 0 Å². The molecule has 2 rings (SSSR count). The van der Waals surface area contributed by atoms with Crippen LogP contribution < -0.4 is 4.90 Å². The molecule has 1 aliphatic rings. The second-order valence-corrected chi connectivity index (χ2v) is 5.62. The van der Waals surface area contributed by atoms with E-state index in [9.17, 15) is 15.2 Å². The maximum atomic E-state index is 11.3. The fourth-order valence-electron chi connectivity index (χ4n) is 2.68. The summed E-state index contributed by atoms with van der Waals surface area (Å²) in [5.74, 6) is 0.500. The van der Waals surface area contributed by atoms with E-state index in [1.807, 2.05) is 11.9 Å². The fraction of sp³-hybridized carbons (Fsp3) is 0.600. The minimum atomic E-state index is -0.710. The second-order valence-electron chi connectivity index (χ2n) is 5.62. The third kappa shape index (κ3) is 3.92. The average molecular weight is 294 g/mol. The molecule has 0 aliphatic carbocycles. The number of ether oxygens (including phenoxy) is 1. The van der Waals surface area contributed by atoms with E-state index in [2.05, 4.69) is 0 Å². The van der Waals surface area contributed by atoms with Crippen molar-refractivity contribution in [1.29, 1.82) is 0 Å². The molecule has 0 saturated carbocycles. The first-order valence-electron chi connectivity index (χ1n) is 7.24. The van der Waals surface area contributed by atoms with Crippen LogP contribution >= 0.6 is 0 Å². The van der Waals surface area contributed by atoms with E-state index in [4.69, 9.17) is 4.74 Å². The van der Waals surface area contributed by atoms with Crippen LogP contribution in [0.25, 0.3) is 0 Å². The van der Waals surface area contributed by atoms with Gasteiger partial charge in [-0.05, 0) is 37.3 Å². The van der Waals surface area contributed by atoms with E-state index in [-0.39, 0.29) is 10.6 Å². The minimum Gasteiger partial charge on any atom is -0.389 e. The van der Waals surface area contributed by atoms with Crippen molar-refractivity contribution in [3.8, 4) is 0 Å². The first-order chi connectivity index (χ1) is 9.99. The predicted octanol–water partition coefficient (Wildman–Crippen LogP) is 2.51. The number of benzene rings is 1. The standard InChI is InChI=1S/C15H22N2O4/c1-11(18)13-3-4-14(15(9-13)17(19)20)16(2)10-12-5-7-21-8-6-12/h3-4,9,11-12,18H,5-8,10H2,1-2H3/t11-/m0/s1. The Hall–Kier alpha value is -1.66. The van der Waals surface area contributed by atoms with Gasteiger partial charge in [0.2, 0.25) is 0 Å². The van der Waals surface area contributed by atoms with Crippen LogP contribution in [-0.2, 0) is 4.74 Å². The summed E-state index contributed by atoms with van der Waals surface area (Å²) in [6.07, 6.45) is 1.27. The molecule has 21 heavy (non-hydrogen) atoms. The monoisotopic (exact) mass is 294 g/mol. The van der Waals surface area contributed by atoms with Crippen LogP contribution in [0, 0.1) is 16.0 Å². The van der Waals surface area contributed by atoms with Crippen molar-refractivity contribution in [3.05, 3.63) is 33.9 Å². The number of nitro groups is 1. The van der Waals surface area contributed by atoms with Crippen LogP contribution in [0.15, 0.2) is 18.2 Å². The first-order valence-corrected chi connectivity index (χ1v) is 7.24. The molecule has 0 unspecified atom stereocenters. The second kappa shape index (κ2) is 6.87. The number of hydrogen-bond donors (Lipinski definition) is 1. The summed E-state index contributed by atoms with van der Waals surface area (Å²) in [6.45, 7) is 3.91. The van der Waals surface area contributed by atoms with E-state index in [0.717, 1.165) is 32.6 Å². The molecule has 1 aromatic carbocycles. The summed E-state index contributed by atoms with van der Waals surface area (Å²) in [4.78, 5) is 12.8. The molecule has 1 fully saturated rings. The summed E-state index contributed by atoms with van der Waals surface area (Å²) < 4.78 is 5.34. The maximum Gasteiger partial charge on any atom is 0.292 e. The molecular weight excluding hydrogens is 272 g/mol. The molecule has 0 bridgehead atoms. The van der Waals surface area contributed by atoms with Crippen molar-refractivity contribution in [3.63, 3.8) is 0 Å². The van der Waals surface area contributed by atoms with Gasteiger partial charge >= 0.3 is 0 Å². The molecule has 0 amide bonds. The van der Waals surface area contributed by atoms with Crippen molar-refractivity contribution in [1.82, 2.24) is 0 Å². The highest BCUT2D eigenvalue weighted by Gasteiger charge is 2.22. The summed E-state index contributed by atoms with van der Waals surface area (Å²) in [6, 6.07) is 4.92. The molecule has 0 aromatic heterocycles. The molecule has 0 spiro atoms. The van der Waals surface area contributed by atoms with Crippen LogP contribution in [0.3, 0.4) is 0 Å². The smallest absolute Gasteiger partial charge is 0.292 e. The molecule has 1 N–H and O–H groups in total. The Kier molecular flexibility index (Phi) is 5.14. The zero-order chi connectivity index (χ0) is 15.4. The van der Waals surface area contributed by atoms with Crippen molar-refractivity contribution >= 4 is 11.4 Å². The van der Waals surface area contributed by atoms with Gasteiger partial charge in [-0.3, -0.25) is 10.1 Å². The highest BCUT2D eigenvalue weighted by molar-refractivity contribution is 5.64. The Morgan fingerprint density at radius 1 is 1.48 bits per heavy atom. The van der Waals surface area contributed by atoms with Gasteiger partial charge in [-0.2, -0.15) is 0 Å². The number of hydrogen-bond acceptors (Lipinski definition) is 5. The fourth-order valence-corrected chi connectivity index (χ4v) is 2.68. The van der Waals surface area contributed by atoms with Crippen LogP contribution in [-0.4, -0.2) is 36.8 Å². The lowest BCUT2D eigenvalue weighted by Gasteiger charge is -2.28. The summed E-state index contributed by atoms with van der Waals surface area (Å²) >= 11 is 0. The largest absolute Gasteiger partial charge is 0.389 e. The quantitative estimate of drug-likeness (QED) is 0.667. The molecule has 1 saturated heterocycles. The first kappa shape index (κ1) is 15.7.